The Morgan fingerprint density at radius 3 is 2.55 bits per heavy atom. The molecule has 0 saturated heterocycles. The van der Waals surface area contributed by atoms with E-state index >= 15 is 0 Å². The van der Waals surface area contributed by atoms with Gasteiger partial charge in [-0.3, -0.25) is 4.79 Å². The highest BCUT2D eigenvalue weighted by molar-refractivity contribution is 5.91. The minimum absolute atomic E-state index is 0.0290. The minimum Gasteiger partial charge on any atom is -0.462 e. The third-order valence-corrected chi connectivity index (χ3v) is 3.92. The van der Waals surface area contributed by atoms with Gasteiger partial charge >= 0.3 is 6.01 Å². The van der Waals surface area contributed by atoms with Gasteiger partial charge in [-0.1, -0.05) is 26.0 Å². The predicted molar refractivity (Wildman–Crippen MR) is 108 cm³/mol. The van der Waals surface area contributed by atoms with Gasteiger partial charge in [0.15, 0.2) is 5.82 Å². The number of nitrogens with zero attached hydrogens (tertiary/aromatic N) is 3. The van der Waals surface area contributed by atoms with Crippen LogP contribution in [0.1, 0.15) is 13.8 Å². The van der Waals surface area contributed by atoms with Crippen LogP contribution in [0.15, 0.2) is 48.5 Å². The van der Waals surface area contributed by atoms with E-state index in [9.17, 15) is 9.18 Å². The van der Waals surface area contributed by atoms with Gasteiger partial charge < -0.3 is 14.8 Å². The normalized spacial score (nSPS) is 10.9. The first-order valence-corrected chi connectivity index (χ1v) is 9.22. The van der Waals surface area contributed by atoms with Crippen molar-refractivity contribution in [1.82, 2.24) is 14.8 Å². The molecule has 0 fully saturated rings. The van der Waals surface area contributed by atoms with Gasteiger partial charge in [0.25, 0.3) is 0 Å². The first-order chi connectivity index (χ1) is 14.0. The highest BCUT2D eigenvalue weighted by atomic mass is 19.1. The molecule has 7 nitrogen and oxygen atoms in total. The van der Waals surface area contributed by atoms with Gasteiger partial charge in [-0.15, -0.1) is 5.10 Å². The first kappa shape index (κ1) is 20.5. The number of amides is 1. The van der Waals surface area contributed by atoms with Crippen LogP contribution in [-0.2, 0) is 9.53 Å². The number of rotatable bonds is 8. The number of ether oxygens (including phenoxy) is 2. The van der Waals surface area contributed by atoms with Crippen LogP contribution in [0, 0.1) is 11.7 Å². The highest BCUT2D eigenvalue weighted by Crippen LogP contribution is 2.26. The number of anilines is 1. The smallest absolute Gasteiger partial charge is 0.336 e. The van der Waals surface area contributed by atoms with E-state index in [1.807, 2.05) is 13.8 Å². The molecule has 8 heteroatoms. The van der Waals surface area contributed by atoms with Crippen molar-refractivity contribution in [2.24, 2.45) is 5.92 Å². The summed E-state index contributed by atoms with van der Waals surface area (Å²) in [6.07, 6.45) is 0. The summed E-state index contributed by atoms with van der Waals surface area (Å²) in [7, 11) is 1.45. The Bertz CT molecular complexity index is 970. The Kier molecular flexibility index (Phi) is 6.56. The molecule has 0 saturated carbocycles. The van der Waals surface area contributed by atoms with E-state index in [4.69, 9.17) is 9.47 Å². The number of benzene rings is 2. The standard InChI is InChI=1S/C21H23FN4O3/c1-14(2)12-29-21-24-20(17-6-4-5-7-18(17)22)26(25-21)16-10-8-15(9-11-16)23-19(27)13-28-3/h4-11,14H,12-13H2,1-3H3,(H,23,27). The number of carbonyl (C=O) groups excluding carboxylic acids is 1. The van der Waals surface area contributed by atoms with Gasteiger partial charge in [0.1, 0.15) is 12.4 Å². The highest BCUT2D eigenvalue weighted by Gasteiger charge is 2.18. The SMILES string of the molecule is COCC(=O)Nc1ccc(-n2nc(OCC(C)C)nc2-c2ccccc2F)cc1. The summed E-state index contributed by atoms with van der Waals surface area (Å²) in [4.78, 5) is 16.0. The molecule has 0 aliphatic carbocycles. The van der Waals surface area contributed by atoms with E-state index in [1.54, 1.807) is 42.5 Å². The molecule has 152 valence electrons. The number of carbonyl (C=O) groups is 1. The van der Waals surface area contributed by atoms with Crippen LogP contribution in [-0.4, -0.2) is 41.0 Å². The average molecular weight is 398 g/mol. The number of methoxy groups -OCH3 is 1. The third-order valence-electron chi connectivity index (χ3n) is 3.92. The summed E-state index contributed by atoms with van der Waals surface area (Å²) < 4.78 is 26.4. The van der Waals surface area contributed by atoms with Crippen molar-refractivity contribution in [2.45, 2.75) is 13.8 Å². The van der Waals surface area contributed by atoms with Crippen molar-refractivity contribution in [3.8, 4) is 23.1 Å². The molecule has 1 amide bonds. The summed E-state index contributed by atoms with van der Waals surface area (Å²) in [6.45, 7) is 4.46. The molecule has 3 aromatic rings. The number of aromatic nitrogens is 3. The Balaban J connectivity index is 1.94. The Hall–Kier alpha value is -3.26. The number of nitrogens with one attached hydrogen (secondary N) is 1. The van der Waals surface area contributed by atoms with E-state index in [2.05, 4.69) is 15.4 Å². The van der Waals surface area contributed by atoms with Gasteiger partial charge in [-0.25, -0.2) is 9.07 Å². The zero-order valence-corrected chi connectivity index (χ0v) is 16.6. The first-order valence-electron chi connectivity index (χ1n) is 9.22. The molecule has 0 unspecified atom stereocenters. The van der Waals surface area contributed by atoms with E-state index < -0.39 is 5.82 Å². The second-order valence-electron chi connectivity index (χ2n) is 6.84. The zero-order valence-electron chi connectivity index (χ0n) is 16.6. The average Bonchev–Trinajstić information content (AvgIpc) is 3.11. The van der Waals surface area contributed by atoms with Crippen LogP contribution in [0.3, 0.4) is 0 Å². The number of halogens is 1. The molecule has 1 heterocycles. The molecule has 0 radical (unpaired) electrons. The van der Waals surface area contributed by atoms with Crippen molar-refractivity contribution >= 4 is 11.6 Å². The van der Waals surface area contributed by atoms with Crippen molar-refractivity contribution in [1.29, 1.82) is 0 Å². The van der Waals surface area contributed by atoms with E-state index in [-0.39, 0.29) is 18.5 Å². The lowest BCUT2D eigenvalue weighted by Crippen LogP contribution is -2.17. The van der Waals surface area contributed by atoms with Gasteiger partial charge in [0.2, 0.25) is 5.91 Å². The lowest BCUT2D eigenvalue weighted by Gasteiger charge is -2.08. The number of hydrogen-bond acceptors (Lipinski definition) is 5. The summed E-state index contributed by atoms with van der Waals surface area (Å²) in [6, 6.07) is 13.5. The molecular formula is C21H23FN4O3. The molecule has 2 aromatic carbocycles. The minimum atomic E-state index is -0.403. The molecule has 0 aliphatic rings. The van der Waals surface area contributed by atoms with Gasteiger partial charge in [0.05, 0.1) is 17.9 Å². The van der Waals surface area contributed by atoms with Crippen LogP contribution < -0.4 is 10.1 Å². The summed E-state index contributed by atoms with van der Waals surface area (Å²) in [5.41, 5.74) is 1.58. The lowest BCUT2D eigenvalue weighted by atomic mass is 10.2. The van der Waals surface area contributed by atoms with E-state index in [1.165, 1.54) is 17.9 Å². The van der Waals surface area contributed by atoms with Gasteiger partial charge in [0, 0.05) is 12.8 Å². The monoisotopic (exact) mass is 398 g/mol. The van der Waals surface area contributed by atoms with Crippen LogP contribution in [0.5, 0.6) is 6.01 Å². The second-order valence-corrected chi connectivity index (χ2v) is 6.84. The lowest BCUT2D eigenvalue weighted by molar-refractivity contribution is -0.119. The van der Waals surface area contributed by atoms with Crippen LogP contribution in [0.4, 0.5) is 10.1 Å². The van der Waals surface area contributed by atoms with Crippen molar-refractivity contribution in [3.63, 3.8) is 0 Å². The summed E-state index contributed by atoms with van der Waals surface area (Å²) in [5.74, 6) is -0.0238. The maximum atomic E-state index is 14.4. The topological polar surface area (TPSA) is 78.3 Å². The molecular weight excluding hydrogens is 375 g/mol. The maximum absolute atomic E-state index is 14.4. The fourth-order valence-corrected chi connectivity index (χ4v) is 2.61. The fraction of sp³-hybridized carbons (Fsp3) is 0.286. The Morgan fingerprint density at radius 1 is 1.17 bits per heavy atom. The molecule has 3 rings (SSSR count). The molecule has 1 aromatic heterocycles. The molecule has 29 heavy (non-hydrogen) atoms. The maximum Gasteiger partial charge on any atom is 0.336 e. The second kappa shape index (κ2) is 9.29. The van der Waals surface area contributed by atoms with Crippen molar-refractivity contribution < 1.29 is 18.7 Å². The summed E-state index contributed by atoms with van der Waals surface area (Å²) >= 11 is 0. The van der Waals surface area contributed by atoms with Gasteiger partial charge in [-0.2, -0.15) is 4.98 Å². The molecule has 0 spiro atoms. The Labute approximate surface area is 168 Å². The van der Waals surface area contributed by atoms with Crippen LogP contribution in [0.2, 0.25) is 0 Å². The van der Waals surface area contributed by atoms with E-state index in [0.29, 0.717) is 35.3 Å². The van der Waals surface area contributed by atoms with Gasteiger partial charge in [-0.05, 0) is 42.3 Å². The quantitative estimate of drug-likeness (QED) is 0.626. The predicted octanol–water partition coefficient (Wildman–Crippen LogP) is 3.69. The van der Waals surface area contributed by atoms with Crippen molar-refractivity contribution in [3.05, 3.63) is 54.3 Å². The largest absolute Gasteiger partial charge is 0.462 e. The zero-order chi connectivity index (χ0) is 20.8. The Morgan fingerprint density at radius 2 is 1.90 bits per heavy atom. The van der Waals surface area contributed by atoms with Crippen LogP contribution >= 0.6 is 0 Å². The molecule has 0 aliphatic heterocycles. The van der Waals surface area contributed by atoms with Crippen LogP contribution in [0.25, 0.3) is 17.1 Å². The molecule has 1 N–H and O–H groups in total. The molecule has 0 bridgehead atoms. The summed E-state index contributed by atoms with van der Waals surface area (Å²) in [5, 5.41) is 7.12. The van der Waals surface area contributed by atoms with Crippen molar-refractivity contribution in [2.75, 3.05) is 25.6 Å². The fourth-order valence-electron chi connectivity index (χ4n) is 2.61. The number of hydrogen-bond donors (Lipinski definition) is 1. The molecule has 0 atom stereocenters. The van der Waals surface area contributed by atoms with E-state index in [0.717, 1.165) is 0 Å². The third kappa shape index (κ3) is 5.17.